The normalized spacial score (nSPS) is 15.3. The number of anilines is 1. The number of ether oxygens (including phenoxy) is 1. The molecule has 0 aliphatic carbocycles. The molecule has 1 N–H and O–H groups in total. The summed E-state index contributed by atoms with van der Waals surface area (Å²) in [7, 11) is 1.70. The fourth-order valence-electron chi connectivity index (χ4n) is 2.57. The molecular weight excluding hydrogens is 238 g/mol. The maximum absolute atomic E-state index is 5.28. The lowest BCUT2D eigenvalue weighted by Crippen LogP contribution is -2.57. The summed E-state index contributed by atoms with van der Waals surface area (Å²) >= 11 is 0. The first-order chi connectivity index (χ1) is 9.33. The van der Waals surface area contributed by atoms with Crippen molar-refractivity contribution in [2.75, 3.05) is 31.6 Å². The third-order valence-electron chi connectivity index (χ3n) is 3.76. The molecule has 0 unspecified atom stereocenters. The minimum atomic E-state index is 0.560. The molecule has 0 amide bonds. The van der Waals surface area contributed by atoms with Crippen LogP contribution in [0.25, 0.3) is 10.8 Å². The average Bonchev–Trinajstić information content (AvgIpc) is 2.41. The minimum absolute atomic E-state index is 0.560. The Morgan fingerprint density at radius 3 is 2.84 bits per heavy atom. The van der Waals surface area contributed by atoms with E-state index in [1.807, 2.05) is 18.3 Å². The number of hydrogen-bond donors (Lipinski definition) is 1. The number of likely N-dealkylation sites (N-methyl/N-ethyl adjacent to an activating group) is 1. The second-order valence-electron chi connectivity index (χ2n) is 4.82. The van der Waals surface area contributed by atoms with Crippen LogP contribution in [-0.4, -0.2) is 37.8 Å². The topological polar surface area (TPSA) is 37.4 Å². The van der Waals surface area contributed by atoms with E-state index in [4.69, 9.17) is 4.74 Å². The Kier molecular flexibility index (Phi) is 3.25. The summed E-state index contributed by atoms with van der Waals surface area (Å²) in [6, 6.07) is 8.76. The standard InChI is InChI=1S/C15H19N3O/c1-3-18(12-9-16-10-12)15-14-5-4-13(19-2)8-11(14)6-7-17-15/h4-8,12,16H,3,9-10H2,1-2H3. The molecule has 0 atom stereocenters. The van der Waals surface area contributed by atoms with E-state index in [-0.39, 0.29) is 0 Å². The molecule has 3 rings (SSSR count). The molecular formula is C15H19N3O. The monoisotopic (exact) mass is 257 g/mol. The maximum Gasteiger partial charge on any atom is 0.136 e. The highest BCUT2D eigenvalue weighted by Crippen LogP contribution is 2.29. The van der Waals surface area contributed by atoms with Crippen LogP contribution >= 0.6 is 0 Å². The van der Waals surface area contributed by atoms with Crippen LogP contribution in [0, 0.1) is 0 Å². The van der Waals surface area contributed by atoms with Gasteiger partial charge in [0.15, 0.2) is 0 Å². The minimum Gasteiger partial charge on any atom is -0.497 e. The Labute approximate surface area is 113 Å². The first kappa shape index (κ1) is 12.2. The molecule has 2 aromatic rings. The van der Waals surface area contributed by atoms with E-state index in [1.165, 1.54) is 10.8 Å². The number of fused-ring (bicyclic) bond motifs is 1. The lowest BCUT2D eigenvalue weighted by Gasteiger charge is -2.38. The smallest absolute Gasteiger partial charge is 0.136 e. The highest BCUT2D eigenvalue weighted by molar-refractivity contribution is 5.93. The van der Waals surface area contributed by atoms with Crippen LogP contribution in [0.4, 0.5) is 5.82 Å². The molecule has 2 heterocycles. The van der Waals surface area contributed by atoms with Crippen molar-refractivity contribution in [3.63, 3.8) is 0 Å². The van der Waals surface area contributed by atoms with Gasteiger partial charge in [0.05, 0.1) is 13.2 Å². The van der Waals surface area contributed by atoms with Crippen molar-refractivity contribution in [1.29, 1.82) is 0 Å². The zero-order chi connectivity index (χ0) is 13.2. The van der Waals surface area contributed by atoms with Gasteiger partial charge in [0, 0.05) is 31.2 Å². The van der Waals surface area contributed by atoms with Gasteiger partial charge in [-0.05, 0) is 36.6 Å². The van der Waals surface area contributed by atoms with E-state index >= 15 is 0 Å². The number of aromatic nitrogens is 1. The zero-order valence-corrected chi connectivity index (χ0v) is 11.4. The molecule has 1 aromatic carbocycles. The van der Waals surface area contributed by atoms with E-state index in [0.29, 0.717) is 6.04 Å². The van der Waals surface area contributed by atoms with Gasteiger partial charge in [0.2, 0.25) is 0 Å². The van der Waals surface area contributed by atoms with Crippen molar-refractivity contribution in [1.82, 2.24) is 10.3 Å². The summed E-state index contributed by atoms with van der Waals surface area (Å²) in [5.41, 5.74) is 0. The number of hydrogen-bond acceptors (Lipinski definition) is 4. The molecule has 4 heteroatoms. The molecule has 0 bridgehead atoms. The number of methoxy groups -OCH3 is 1. The van der Waals surface area contributed by atoms with Crippen molar-refractivity contribution in [2.45, 2.75) is 13.0 Å². The summed E-state index contributed by atoms with van der Waals surface area (Å²) in [6.45, 7) is 5.25. The predicted octanol–water partition coefficient (Wildman–Crippen LogP) is 2.04. The Morgan fingerprint density at radius 2 is 2.21 bits per heavy atom. The molecule has 0 radical (unpaired) electrons. The molecule has 0 spiro atoms. The first-order valence-electron chi connectivity index (χ1n) is 6.73. The lowest BCUT2D eigenvalue weighted by atomic mass is 10.1. The fraction of sp³-hybridized carbons (Fsp3) is 0.400. The van der Waals surface area contributed by atoms with E-state index in [0.717, 1.165) is 31.2 Å². The van der Waals surface area contributed by atoms with Crippen LogP contribution in [-0.2, 0) is 0 Å². The number of rotatable bonds is 4. The zero-order valence-electron chi connectivity index (χ0n) is 11.4. The number of nitrogens with one attached hydrogen (secondary N) is 1. The van der Waals surface area contributed by atoms with Gasteiger partial charge in [-0.25, -0.2) is 4.98 Å². The molecule has 1 saturated heterocycles. The molecule has 0 saturated carbocycles. The van der Waals surface area contributed by atoms with Gasteiger partial charge < -0.3 is 15.0 Å². The second-order valence-corrected chi connectivity index (χ2v) is 4.82. The Hall–Kier alpha value is -1.81. The SMILES string of the molecule is CCN(c1nccc2cc(OC)ccc12)C1CNC1. The summed E-state index contributed by atoms with van der Waals surface area (Å²) in [6.07, 6.45) is 1.88. The molecule has 1 fully saturated rings. The summed E-state index contributed by atoms with van der Waals surface area (Å²) in [4.78, 5) is 6.97. The van der Waals surface area contributed by atoms with Crippen LogP contribution < -0.4 is 15.0 Å². The van der Waals surface area contributed by atoms with Crippen LogP contribution in [0.15, 0.2) is 30.5 Å². The van der Waals surface area contributed by atoms with Gasteiger partial charge >= 0.3 is 0 Å². The van der Waals surface area contributed by atoms with Gasteiger partial charge in [0.1, 0.15) is 11.6 Å². The molecule has 100 valence electrons. The summed E-state index contributed by atoms with van der Waals surface area (Å²) in [5.74, 6) is 1.96. The van der Waals surface area contributed by atoms with Crippen LogP contribution in [0.5, 0.6) is 5.75 Å². The molecule has 1 aliphatic rings. The third kappa shape index (κ3) is 2.12. The largest absolute Gasteiger partial charge is 0.497 e. The number of nitrogens with zero attached hydrogens (tertiary/aromatic N) is 2. The van der Waals surface area contributed by atoms with Crippen molar-refractivity contribution in [2.24, 2.45) is 0 Å². The average molecular weight is 257 g/mol. The Balaban J connectivity index is 2.06. The van der Waals surface area contributed by atoms with Gasteiger partial charge in [-0.1, -0.05) is 0 Å². The van der Waals surface area contributed by atoms with Crippen molar-refractivity contribution >= 4 is 16.6 Å². The van der Waals surface area contributed by atoms with Crippen LogP contribution in [0.3, 0.4) is 0 Å². The Morgan fingerprint density at radius 1 is 1.37 bits per heavy atom. The highest BCUT2D eigenvalue weighted by Gasteiger charge is 2.25. The number of benzene rings is 1. The molecule has 19 heavy (non-hydrogen) atoms. The molecule has 1 aromatic heterocycles. The van der Waals surface area contributed by atoms with Gasteiger partial charge in [0.25, 0.3) is 0 Å². The summed E-state index contributed by atoms with van der Waals surface area (Å²) < 4.78 is 5.28. The second kappa shape index (κ2) is 5.05. The van der Waals surface area contributed by atoms with Crippen LogP contribution in [0.1, 0.15) is 6.92 Å². The van der Waals surface area contributed by atoms with Crippen molar-refractivity contribution in [3.05, 3.63) is 30.5 Å². The predicted molar refractivity (Wildman–Crippen MR) is 78.0 cm³/mol. The molecule has 4 nitrogen and oxygen atoms in total. The number of pyridine rings is 1. The Bertz CT molecular complexity index is 581. The molecule has 1 aliphatic heterocycles. The van der Waals surface area contributed by atoms with E-state index in [9.17, 15) is 0 Å². The third-order valence-corrected chi connectivity index (χ3v) is 3.76. The fourth-order valence-corrected chi connectivity index (χ4v) is 2.57. The van der Waals surface area contributed by atoms with Gasteiger partial charge in [-0.2, -0.15) is 0 Å². The van der Waals surface area contributed by atoms with Crippen molar-refractivity contribution in [3.8, 4) is 5.75 Å². The first-order valence-corrected chi connectivity index (χ1v) is 6.73. The van der Waals surface area contributed by atoms with Gasteiger partial charge in [-0.3, -0.25) is 0 Å². The van der Waals surface area contributed by atoms with Crippen molar-refractivity contribution < 1.29 is 4.74 Å². The summed E-state index contributed by atoms with van der Waals surface area (Å²) in [5, 5.41) is 5.69. The van der Waals surface area contributed by atoms with Gasteiger partial charge in [-0.15, -0.1) is 0 Å². The maximum atomic E-state index is 5.28. The quantitative estimate of drug-likeness (QED) is 0.909. The lowest BCUT2D eigenvalue weighted by molar-refractivity contribution is 0.414. The van der Waals surface area contributed by atoms with E-state index in [2.05, 4.69) is 34.3 Å². The van der Waals surface area contributed by atoms with Crippen LogP contribution in [0.2, 0.25) is 0 Å². The van der Waals surface area contributed by atoms with E-state index < -0.39 is 0 Å². The van der Waals surface area contributed by atoms with E-state index in [1.54, 1.807) is 7.11 Å². The highest BCUT2D eigenvalue weighted by atomic mass is 16.5.